The standard InChI is InChI=1S/C26H32N4O3S/c1-17-4-3-5-21(14-17)29-12-11-28(15-18(29)2)24(31)20-8-6-19(7-9-20)16-30-25(32)23-22(10-13-34-23)27-26(30)33/h3-5,10,13-14,18-20H,6-9,11-12,15-16H2,1-2H3,(H,27,33). The van der Waals surface area contributed by atoms with E-state index in [2.05, 4.69) is 48.0 Å². The van der Waals surface area contributed by atoms with Gasteiger partial charge in [-0.2, -0.15) is 0 Å². The number of benzene rings is 1. The van der Waals surface area contributed by atoms with Gasteiger partial charge in [0.1, 0.15) is 4.70 Å². The van der Waals surface area contributed by atoms with Crippen molar-refractivity contribution in [1.29, 1.82) is 0 Å². The summed E-state index contributed by atoms with van der Waals surface area (Å²) >= 11 is 1.36. The van der Waals surface area contributed by atoms with Crippen LogP contribution in [-0.4, -0.2) is 46.0 Å². The fourth-order valence-corrected chi connectivity index (χ4v) is 6.39. The van der Waals surface area contributed by atoms with Gasteiger partial charge < -0.3 is 14.8 Å². The highest BCUT2D eigenvalue weighted by molar-refractivity contribution is 7.17. The summed E-state index contributed by atoms with van der Waals surface area (Å²) in [5.41, 5.74) is 2.55. The molecule has 1 aromatic carbocycles. The summed E-state index contributed by atoms with van der Waals surface area (Å²) in [6.45, 7) is 7.08. The fourth-order valence-electron chi connectivity index (χ4n) is 5.59. The quantitative estimate of drug-likeness (QED) is 0.619. The second-order valence-electron chi connectivity index (χ2n) is 9.89. The normalized spacial score (nSPS) is 23.4. The van der Waals surface area contributed by atoms with Crippen molar-refractivity contribution in [3.05, 3.63) is 62.1 Å². The number of rotatable bonds is 4. The molecule has 1 saturated carbocycles. The zero-order chi connectivity index (χ0) is 23.8. The van der Waals surface area contributed by atoms with Crippen molar-refractivity contribution in [1.82, 2.24) is 14.5 Å². The maximum atomic E-state index is 13.3. The molecule has 0 bridgehead atoms. The van der Waals surface area contributed by atoms with Crippen LogP contribution in [0.3, 0.4) is 0 Å². The van der Waals surface area contributed by atoms with Crippen LogP contribution < -0.4 is 16.1 Å². The highest BCUT2D eigenvalue weighted by atomic mass is 32.1. The zero-order valence-electron chi connectivity index (χ0n) is 19.8. The van der Waals surface area contributed by atoms with Gasteiger partial charge in [-0.05, 0) is 74.6 Å². The number of aryl methyl sites for hydroxylation is 1. The number of H-pyrrole nitrogens is 1. The largest absolute Gasteiger partial charge is 0.365 e. The molecule has 1 amide bonds. The predicted octanol–water partition coefficient (Wildman–Crippen LogP) is 3.60. The Morgan fingerprint density at radius 2 is 1.91 bits per heavy atom. The van der Waals surface area contributed by atoms with Gasteiger partial charge in [-0.15, -0.1) is 11.3 Å². The molecule has 1 atom stereocenters. The summed E-state index contributed by atoms with van der Waals surface area (Å²) in [6.07, 6.45) is 3.38. The lowest BCUT2D eigenvalue weighted by molar-refractivity contribution is -0.137. The Bertz CT molecular complexity index is 1300. The first-order chi connectivity index (χ1) is 16.4. The van der Waals surface area contributed by atoms with Gasteiger partial charge in [0.2, 0.25) is 5.91 Å². The topological polar surface area (TPSA) is 78.4 Å². The number of hydrogen-bond acceptors (Lipinski definition) is 5. The van der Waals surface area contributed by atoms with Crippen molar-refractivity contribution in [2.45, 2.75) is 52.1 Å². The van der Waals surface area contributed by atoms with Gasteiger partial charge >= 0.3 is 5.69 Å². The number of fused-ring (bicyclic) bond motifs is 1. The molecule has 2 fully saturated rings. The lowest BCUT2D eigenvalue weighted by Crippen LogP contribution is -2.55. The van der Waals surface area contributed by atoms with E-state index < -0.39 is 0 Å². The van der Waals surface area contributed by atoms with Crippen LogP contribution in [0.1, 0.15) is 38.2 Å². The molecular formula is C26H32N4O3S. The number of nitrogens with one attached hydrogen (secondary N) is 1. The minimum Gasteiger partial charge on any atom is -0.365 e. The maximum absolute atomic E-state index is 13.3. The first-order valence-corrected chi connectivity index (χ1v) is 13.1. The SMILES string of the molecule is Cc1cccc(N2CCN(C(=O)C3CCC(Cn4c(=O)[nH]c5ccsc5c4=O)CC3)CC2C)c1. The monoisotopic (exact) mass is 480 g/mol. The van der Waals surface area contributed by atoms with Crippen molar-refractivity contribution >= 4 is 33.1 Å². The fraction of sp³-hybridized carbons (Fsp3) is 0.500. The molecule has 2 aliphatic rings. The van der Waals surface area contributed by atoms with Gasteiger partial charge in [0.05, 0.1) is 5.52 Å². The number of carbonyl (C=O) groups excluding carboxylic acids is 1. The molecule has 1 aliphatic carbocycles. The van der Waals surface area contributed by atoms with Crippen LogP contribution >= 0.6 is 11.3 Å². The Kier molecular flexibility index (Phi) is 6.34. The molecule has 1 N–H and O–H groups in total. The smallest absolute Gasteiger partial charge is 0.328 e. The molecule has 34 heavy (non-hydrogen) atoms. The van der Waals surface area contributed by atoms with Crippen LogP contribution in [0, 0.1) is 18.8 Å². The molecule has 3 heterocycles. The molecule has 1 saturated heterocycles. The average molecular weight is 481 g/mol. The van der Waals surface area contributed by atoms with E-state index in [0.29, 0.717) is 16.8 Å². The number of carbonyl (C=O) groups is 1. The molecule has 0 spiro atoms. The number of piperazine rings is 1. The number of aromatic amines is 1. The molecule has 1 aliphatic heterocycles. The van der Waals surface area contributed by atoms with E-state index in [1.807, 2.05) is 10.3 Å². The molecule has 8 heteroatoms. The summed E-state index contributed by atoms with van der Waals surface area (Å²) < 4.78 is 1.94. The van der Waals surface area contributed by atoms with E-state index in [1.54, 1.807) is 6.07 Å². The molecule has 2 aromatic heterocycles. The number of aromatic nitrogens is 2. The zero-order valence-corrected chi connectivity index (χ0v) is 20.6. The van der Waals surface area contributed by atoms with Gasteiger partial charge in [0.25, 0.3) is 5.56 Å². The lowest BCUT2D eigenvalue weighted by Gasteiger charge is -2.43. The Balaban J connectivity index is 1.17. The van der Waals surface area contributed by atoms with Crippen molar-refractivity contribution < 1.29 is 4.79 Å². The average Bonchev–Trinajstić information content (AvgIpc) is 3.30. The summed E-state index contributed by atoms with van der Waals surface area (Å²) in [6, 6.07) is 10.6. The third-order valence-electron chi connectivity index (χ3n) is 7.50. The van der Waals surface area contributed by atoms with E-state index in [4.69, 9.17) is 0 Å². The molecule has 0 radical (unpaired) electrons. The molecule has 1 unspecified atom stereocenters. The summed E-state index contributed by atoms with van der Waals surface area (Å²) in [7, 11) is 0. The predicted molar refractivity (Wildman–Crippen MR) is 137 cm³/mol. The molecule has 180 valence electrons. The van der Waals surface area contributed by atoms with Crippen molar-refractivity contribution in [3.8, 4) is 0 Å². The van der Waals surface area contributed by atoms with Gasteiger partial charge in [-0.3, -0.25) is 14.2 Å². The number of hydrogen-bond donors (Lipinski definition) is 1. The van der Waals surface area contributed by atoms with Crippen LogP contribution in [-0.2, 0) is 11.3 Å². The van der Waals surface area contributed by atoms with Crippen LogP contribution in [0.5, 0.6) is 0 Å². The minimum absolute atomic E-state index is 0.0451. The van der Waals surface area contributed by atoms with E-state index in [0.717, 1.165) is 45.3 Å². The Hall–Kier alpha value is -2.87. The number of nitrogens with zero attached hydrogens (tertiary/aromatic N) is 3. The van der Waals surface area contributed by atoms with E-state index in [1.165, 1.54) is 27.2 Å². The lowest BCUT2D eigenvalue weighted by atomic mass is 9.81. The van der Waals surface area contributed by atoms with E-state index >= 15 is 0 Å². The van der Waals surface area contributed by atoms with Gasteiger partial charge in [-0.1, -0.05) is 12.1 Å². The van der Waals surface area contributed by atoms with Gasteiger partial charge in [0.15, 0.2) is 0 Å². The molecule has 3 aromatic rings. The molecule has 7 nitrogen and oxygen atoms in total. The second-order valence-corrected chi connectivity index (χ2v) is 10.8. The number of amides is 1. The Morgan fingerprint density at radius 3 is 2.65 bits per heavy atom. The Labute approximate surface area is 203 Å². The molecule has 5 rings (SSSR count). The van der Waals surface area contributed by atoms with Crippen LogP contribution in [0.2, 0.25) is 0 Å². The third kappa shape index (κ3) is 4.43. The second kappa shape index (κ2) is 9.41. The van der Waals surface area contributed by atoms with Gasteiger partial charge in [0, 0.05) is 43.8 Å². The summed E-state index contributed by atoms with van der Waals surface area (Å²) in [5, 5.41) is 1.82. The van der Waals surface area contributed by atoms with Gasteiger partial charge in [-0.25, -0.2) is 4.79 Å². The van der Waals surface area contributed by atoms with Crippen molar-refractivity contribution in [3.63, 3.8) is 0 Å². The molecular weight excluding hydrogens is 448 g/mol. The maximum Gasteiger partial charge on any atom is 0.328 e. The van der Waals surface area contributed by atoms with Crippen molar-refractivity contribution in [2.75, 3.05) is 24.5 Å². The summed E-state index contributed by atoms with van der Waals surface area (Å²) in [5.74, 6) is 0.560. The van der Waals surface area contributed by atoms with Crippen LogP contribution in [0.15, 0.2) is 45.3 Å². The number of anilines is 1. The Morgan fingerprint density at radius 1 is 1.12 bits per heavy atom. The van der Waals surface area contributed by atoms with E-state index in [9.17, 15) is 14.4 Å². The first-order valence-electron chi connectivity index (χ1n) is 12.2. The summed E-state index contributed by atoms with van der Waals surface area (Å²) in [4.78, 5) is 45.7. The van der Waals surface area contributed by atoms with Crippen molar-refractivity contribution in [2.24, 2.45) is 11.8 Å². The van der Waals surface area contributed by atoms with E-state index in [-0.39, 0.29) is 35.0 Å². The van der Waals surface area contributed by atoms with Crippen LogP contribution in [0.4, 0.5) is 5.69 Å². The first kappa shape index (κ1) is 22.9. The highest BCUT2D eigenvalue weighted by Crippen LogP contribution is 2.32. The van der Waals surface area contributed by atoms with Crippen LogP contribution in [0.25, 0.3) is 10.2 Å². The highest BCUT2D eigenvalue weighted by Gasteiger charge is 2.33. The minimum atomic E-state index is -0.338. The third-order valence-corrected chi connectivity index (χ3v) is 8.40. The number of thiophene rings is 1.